The summed E-state index contributed by atoms with van der Waals surface area (Å²) in [4.78, 5) is 13.5. The molecule has 0 spiro atoms. The largest absolute Gasteiger partial charge is 0.380 e. The number of pyridine rings is 2. The number of hydrogen-bond acceptors (Lipinski definition) is 4. The van der Waals surface area contributed by atoms with E-state index in [1.165, 1.54) is 5.56 Å². The van der Waals surface area contributed by atoms with Gasteiger partial charge in [0, 0.05) is 47.5 Å². The third kappa shape index (κ3) is 2.92. The lowest BCUT2D eigenvalue weighted by atomic mass is 10.0. The number of imidazole rings is 1. The number of nitrogens with one attached hydrogen (secondary N) is 1. The highest BCUT2D eigenvalue weighted by molar-refractivity contribution is 5.93. The van der Waals surface area contributed by atoms with Crippen LogP contribution in [0.25, 0.3) is 16.7 Å². The second kappa shape index (κ2) is 6.96. The van der Waals surface area contributed by atoms with Crippen molar-refractivity contribution in [3.05, 3.63) is 78.1 Å². The minimum absolute atomic E-state index is 0.680. The quantitative estimate of drug-likeness (QED) is 0.587. The van der Waals surface area contributed by atoms with Crippen LogP contribution in [0.2, 0.25) is 0 Å². The molecule has 5 heteroatoms. The highest BCUT2D eigenvalue weighted by atomic mass is 15.1. The van der Waals surface area contributed by atoms with E-state index in [-0.39, 0.29) is 0 Å². The van der Waals surface area contributed by atoms with E-state index in [2.05, 4.69) is 53.4 Å². The van der Waals surface area contributed by atoms with Gasteiger partial charge in [-0.2, -0.15) is 0 Å². The van der Waals surface area contributed by atoms with Gasteiger partial charge in [-0.1, -0.05) is 31.2 Å². The number of fused-ring (bicyclic) bond motifs is 1. The van der Waals surface area contributed by atoms with Gasteiger partial charge in [-0.3, -0.25) is 9.55 Å². The van der Waals surface area contributed by atoms with Gasteiger partial charge in [0.15, 0.2) is 0 Å². The number of aryl methyl sites for hydroxylation is 1. The van der Waals surface area contributed by atoms with E-state index in [4.69, 9.17) is 4.98 Å². The highest BCUT2D eigenvalue weighted by Gasteiger charge is 2.12. The molecule has 3 aromatic heterocycles. The Balaban J connectivity index is 1.73. The third-order valence-electron chi connectivity index (χ3n) is 4.64. The van der Waals surface area contributed by atoms with Gasteiger partial charge >= 0.3 is 0 Å². The Kier molecular flexibility index (Phi) is 4.35. The fourth-order valence-corrected chi connectivity index (χ4v) is 3.30. The first-order valence-corrected chi connectivity index (χ1v) is 8.82. The van der Waals surface area contributed by atoms with Crippen molar-refractivity contribution < 1.29 is 0 Å². The van der Waals surface area contributed by atoms with Crippen molar-refractivity contribution in [3.63, 3.8) is 0 Å². The summed E-state index contributed by atoms with van der Waals surface area (Å²) in [6, 6.07) is 12.3. The lowest BCUT2D eigenvalue weighted by Crippen LogP contribution is -2.08. The van der Waals surface area contributed by atoms with Gasteiger partial charge in [0.05, 0.1) is 5.52 Å². The van der Waals surface area contributed by atoms with Crippen molar-refractivity contribution in [3.8, 4) is 5.82 Å². The summed E-state index contributed by atoms with van der Waals surface area (Å²) >= 11 is 0. The average Bonchev–Trinajstić information content (AvgIpc) is 3.22. The normalized spacial score (nSPS) is 11.0. The second-order valence-electron chi connectivity index (χ2n) is 6.24. The molecule has 0 aliphatic rings. The van der Waals surface area contributed by atoms with E-state index >= 15 is 0 Å². The molecule has 1 aromatic carbocycles. The topological polar surface area (TPSA) is 55.6 Å². The number of benzene rings is 1. The molecule has 4 rings (SSSR count). The molecule has 130 valence electrons. The number of anilines is 1. The molecule has 4 aromatic rings. The van der Waals surface area contributed by atoms with Gasteiger partial charge in [-0.15, -0.1) is 0 Å². The summed E-state index contributed by atoms with van der Waals surface area (Å²) in [6.07, 6.45) is 8.17. The molecule has 0 fully saturated rings. The monoisotopic (exact) mass is 343 g/mol. The zero-order valence-electron chi connectivity index (χ0n) is 15.0. The zero-order chi connectivity index (χ0) is 17.9. The summed E-state index contributed by atoms with van der Waals surface area (Å²) < 4.78 is 1.94. The second-order valence-corrected chi connectivity index (χ2v) is 6.24. The Bertz CT molecular complexity index is 1040. The van der Waals surface area contributed by atoms with Gasteiger partial charge < -0.3 is 5.32 Å². The molecular formula is C21H21N5. The lowest BCUT2D eigenvalue weighted by Gasteiger charge is -2.17. The molecule has 0 amide bonds. The Labute approximate surface area is 152 Å². The first kappa shape index (κ1) is 16.3. The molecule has 26 heavy (non-hydrogen) atoms. The van der Waals surface area contributed by atoms with Crippen LogP contribution in [0.1, 0.15) is 23.7 Å². The van der Waals surface area contributed by atoms with E-state index in [0.29, 0.717) is 6.54 Å². The fraction of sp³-hybridized carbons (Fsp3) is 0.190. The molecule has 1 N–H and O–H groups in total. The Morgan fingerprint density at radius 1 is 1.08 bits per heavy atom. The molecule has 5 nitrogen and oxygen atoms in total. The molecule has 0 atom stereocenters. The number of rotatable bonds is 5. The van der Waals surface area contributed by atoms with Crippen LogP contribution in [0.4, 0.5) is 5.69 Å². The predicted octanol–water partition coefficient (Wildman–Crippen LogP) is 4.30. The Morgan fingerprint density at radius 2 is 1.96 bits per heavy atom. The molecular weight excluding hydrogens is 322 g/mol. The van der Waals surface area contributed by atoms with E-state index in [1.807, 2.05) is 22.9 Å². The van der Waals surface area contributed by atoms with E-state index < -0.39 is 0 Å². The van der Waals surface area contributed by atoms with E-state index in [1.54, 1.807) is 18.7 Å². The number of para-hydroxylation sites is 1. The Morgan fingerprint density at radius 3 is 2.77 bits per heavy atom. The minimum atomic E-state index is 0.680. The van der Waals surface area contributed by atoms with Gasteiger partial charge in [-0.25, -0.2) is 9.97 Å². The van der Waals surface area contributed by atoms with Gasteiger partial charge in [0.2, 0.25) is 0 Å². The van der Waals surface area contributed by atoms with Crippen molar-refractivity contribution in [2.75, 3.05) is 5.32 Å². The summed E-state index contributed by atoms with van der Waals surface area (Å²) in [7, 11) is 0. The molecule has 0 saturated heterocycles. The van der Waals surface area contributed by atoms with Crippen LogP contribution in [0.15, 0.2) is 61.3 Å². The maximum Gasteiger partial charge on any atom is 0.142 e. The van der Waals surface area contributed by atoms with Gasteiger partial charge in [0.25, 0.3) is 0 Å². The third-order valence-corrected chi connectivity index (χ3v) is 4.64. The lowest BCUT2D eigenvalue weighted by molar-refractivity contribution is 0.948. The van der Waals surface area contributed by atoms with Crippen LogP contribution in [-0.2, 0) is 13.0 Å². The van der Waals surface area contributed by atoms with Crippen molar-refractivity contribution in [2.45, 2.75) is 26.8 Å². The maximum atomic E-state index is 4.80. The number of aromatic nitrogens is 4. The molecule has 3 heterocycles. The van der Waals surface area contributed by atoms with E-state index in [0.717, 1.165) is 40.1 Å². The maximum absolute atomic E-state index is 4.80. The van der Waals surface area contributed by atoms with Crippen molar-refractivity contribution in [1.82, 2.24) is 19.5 Å². The first-order chi connectivity index (χ1) is 12.8. The van der Waals surface area contributed by atoms with Crippen LogP contribution in [0.3, 0.4) is 0 Å². The zero-order valence-corrected chi connectivity index (χ0v) is 15.0. The average molecular weight is 343 g/mol. The van der Waals surface area contributed by atoms with Gasteiger partial charge in [-0.05, 0) is 31.0 Å². The summed E-state index contributed by atoms with van der Waals surface area (Å²) in [5.41, 5.74) is 5.63. The standard InChI is InChI=1S/C21H21N5/c1-3-18-15(2)20(17-8-4-5-9-19(17)25-18)24-13-16-7-6-10-23-21(16)26-12-11-22-14-26/h4-12,14H,3,13H2,1-2H3,(H,24,25). The van der Waals surface area contributed by atoms with E-state index in [9.17, 15) is 0 Å². The molecule has 0 bridgehead atoms. The summed E-state index contributed by atoms with van der Waals surface area (Å²) in [5, 5.41) is 4.78. The predicted molar refractivity (Wildman–Crippen MR) is 105 cm³/mol. The number of hydrogen-bond donors (Lipinski definition) is 1. The fourth-order valence-electron chi connectivity index (χ4n) is 3.30. The summed E-state index contributed by atoms with van der Waals surface area (Å²) in [6.45, 7) is 4.96. The van der Waals surface area contributed by atoms with Gasteiger partial charge in [0.1, 0.15) is 12.1 Å². The van der Waals surface area contributed by atoms with Crippen LogP contribution in [0, 0.1) is 6.92 Å². The minimum Gasteiger partial charge on any atom is -0.380 e. The van der Waals surface area contributed by atoms with Crippen LogP contribution in [0.5, 0.6) is 0 Å². The van der Waals surface area contributed by atoms with Crippen LogP contribution in [-0.4, -0.2) is 19.5 Å². The first-order valence-electron chi connectivity index (χ1n) is 8.82. The van der Waals surface area contributed by atoms with Crippen LogP contribution >= 0.6 is 0 Å². The van der Waals surface area contributed by atoms with Crippen molar-refractivity contribution in [2.24, 2.45) is 0 Å². The molecule has 0 aliphatic heterocycles. The highest BCUT2D eigenvalue weighted by Crippen LogP contribution is 2.29. The molecule has 0 aliphatic carbocycles. The smallest absolute Gasteiger partial charge is 0.142 e. The van der Waals surface area contributed by atoms with Crippen molar-refractivity contribution in [1.29, 1.82) is 0 Å². The van der Waals surface area contributed by atoms with Crippen molar-refractivity contribution >= 4 is 16.6 Å². The number of nitrogens with zero attached hydrogens (tertiary/aromatic N) is 4. The molecule has 0 saturated carbocycles. The Hall–Kier alpha value is -3.21. The SMILES string of the molecule is CCc1nc2ccccc2c(NCc2cccnc2-n2ccnc2)c1C. The summed E-state index contributed by atoms with van der Waals surface area (Å²) in [5.74, 6) is 0.893. The molecule has 0 radical (unpaired) electrons. The molecule has 0 unspecified atom stereocenters. The van der Waals surface area contributed by atoms with Crippen LogP contribution < -0.4 is 5.32 Å².